The van der Waals surface area contributed by atoms with Gasteiger partial charge in [0.1, 0.15) is 0 Å². The van der Waals surface area contributed by atoms with Crippen molar-refractivity contribution in [3.8, 4) is 11.5 Å². The number of methoxy groups -OCH3 is 1. The van der Waals surface area contributed by atoms with Gasteiger partial charge in [0.2, 0.25) is 5.75 Å². The number of ether oxygens (including phenoxy) is 1. The number of phenolic OH excluding ortho intramolecular Hbond substituents is 1. The summed E-state index contributed by atoms with van der Waals surface area (Å²) in [5.41, 5.74) is 2.65. The van der Waals surface area contributed by atoms with Gasteiger partial charge in [0, 0.05) is 5.69 Å². The van der Waals surface area contributed by atoms with E-state index in [1.807, 2.05) is 0 Å². The van der Waals surface area contributed by atoms with E-state index in [0.29, 0.717) is 5.69 Å². The van der Waals surface area contributed by atoms with Crippen LogP contribution in [0.2, 0.25) is 0 Å². The van der Waals surface area contributed by atoms with Gasteiger partial charge in [-0.25, -0.2) is 5.43 Å². The van der Waals surface area contributed by atoms with E-state index in [4.69, 9.17) is 4.74 Å². The van der Waals surface area contributed by atoms with E-state index in [-0.39, 0.29) is 22.8 Å². The Labute approximate surface area is 129 Å². The quantitative estimate of drug-likeness (QED) is 0.428. The molecule has 0 unspecified atom stereocenters. The maximum atomic E-state index is 11.7. The summed E-state index contributed by atoms with van der Waals surface area (Å²) in [6, 6.07) is 4.04. The van der Waals surface area contributed by atoms with Crippen molar-refractivity contribution in [2.24, 2.45) is 5.10 Å². The number of carbonyl (C=O) groups is 1. The summed E-state index contributed by atoms with van der Waals surface area (Å²) >= 11 is 0. The molecule has 2 rings (SSSR count). The normalized spacial score (nSPS) is 10.7. The molecule has 120 valence electrons. The van der Waals surface area contributed by atoms with E-state index in [1.54, 1.807) is 6.92 Å². The van der Waals surface area contributed by atoms with Gasteiger partial charge >= 0.3 is 5.69 Å². The predicted octanol–water partition coefficient (Wildman–Crippen LogP) is 1.10. The summed E-state index contributed by atoms with van der Waals surface area (Å²) in [6.07, 6.45) is 1.08. The average Bonchev–Trinajstić information content (AvgIpc) is 2.94. The Morgan fingerprint density at radius 2 is 2.30 bits per heavy atom. The fourth-order valence-corrected chi connectivity index (χ4v) is 1.82. The van der Waals surface area contributed by atoms with Crippen molar-refractivity contribution in [1.82, 2.24) is 15.6 Å². The fourth-order valence-electron chi connectivity index (χ4n) is 1.82. The number of nitrogens with zero attached hydrogens (tertiary/aromatic N) is 3. The van der Waals surface area contributed by atoms with Crippen LogP contribution in [0.4, 0.5) is 5.69 Å². The largest absolute Gasteiger partial charge is 0.504 e. The molecule has 1 aromatic carbocycles. The number of aromatic hydroxyl groups is 1. The number of nitrogens with one attached hydrogen (secondary N) is 2. The molecule has 3 N–H and O–H groups in total. The Hall–Kier alpha value is -3.43. The molecule has 0 aliphatic rings. The van der Waals surface area contributed by atoms with E-state index < -0.39 is 16.5 Å². The molecule has 0 aliphatic heterocycles. The molecule has 0 saturated heterocycles. The number of benzene rings is 1. The number of nitro groups is 1. The second-order valence-electron chi connectivity index (χ2n) is 4.45. The lowest BCUT2D eigenvalue weighted by atomic mass is 10.1. The first-order valence-electron chi connectivity index (χ1n) is 6.33. The number of aryl methyl sites for hydroxylation is 1. The van der Waals surface area contributed by atoms with Crippen molar-refractivity contribution < 1.29 is 19.6 Å². The lowest BCUT2D eigenvalue weighted by molar-refractivity contribution is -0.386. The molecule has 0 atom stereocenters. The maximum Gasteiger partial charge on any atom is 0.323 e. The van der Waals surface area contributed by atoms with E-state index in [1.165, 1.54) is 25.3 Å². The molecule has 2 aromatic rings. The van der Waals surface area contributed by atoms with Gasteiger partial charge in [-0.2, -0.15) is 10.2 Å². The minimum Gasteiger partial charge on any atom is -0.504 e. The summed E-state index contributed by atoms with van der Waals surface area (Å²) in [7, 11) is 1.20. The van der Waals surface area contributed by atoms with Crippen molar-refractivity contribution in [1.29, 1.82) is 0 Å². The first-order valence-corrected chi connectivity index (χ1v) is 6.33. The molecule has 1 amide bonds. The molecule has 1 heterocycles. The minimum atomic E-state index is -0.710. The Kier molecular flexibility index (Phi) is 4.55. The minimum absolute atomic E-state index is 0.0585. The zero-order valence-corrected chi connectivity index (χ0v) is 12.2. The number of phenols is 1. The van der Waals surface area contributed by atoms with Gasteiger partial charge < -0.3 is 9.84 Å². The van der Waals surface area contributed by atoms with Crippen molar-refractivity contribution in [3.63, 3.8) is 0 Å². The summed E-state index contributed by atoms with van der Waals surface area (Å²) in [5, 5.41) is 30.7. The van der Waals surface area contributed by atoms with Gasteiger partial charge in [-0.05, 0) is 25.1 Å². The number of nitro benzene ring substituents is 1. The van der Waals surface area contributed by atoms with Crippen LogP contribution >= 0.6 is 0 Å². The zero-order valence-electron chi connectivity index (χ0n) is 12.2. The number of aromatic amines is 1. The SMILES string of the molecule is COc1c(O)ccc(/C=N/NC(=O)c2cc(C)[nH]n2)c1[N+](=O)[O-]. The van der Waals surface area contributed by atoms with Crippen molar-refractivity contribution in [2.45, 2.75) is 6.92 Å². The average molecular weight is 319 g/mol. The van der Waals surface area contributed by atoms with E-state index in [9.17, 15) is 20.0 Å². The molecular formula is C13H13N5O5. The molecule has 10 heteroatoms. The number of hydrogen-bond acceptors (Lipinski definition) is 7. The van der Waals surface area contributed by atoms with Crippen LogP contribution in [0.5, 0.6) is 11.5 Å². The van der Waals surface area contributed by atoms with Crippen molar-refractivity contribution in [3.05, 3.63) is 45.3 Å². The van der Waals surface area contributed by atoms with Crippen molar-refractivity contribution >= 4 is 17.8 Å². The highest BCUT2D eigenvalue weighted by Crippen LogP contribution is 2.37. The van der Waals surface area contributed by atoms with Crippen LogP contribution in [0.25, 0.3) is 0 Å². The summed E-state index contributed by atoms with van der Waals surface area (Å²) in [6.45, 7) is 1.74. The molecule has 10 nitrogen and oxygen atoms in total. The Morgan fingerprint density at radius 3 is 2.87 bits per heavy atom. The number of carbonyl (C=O) groups excluding carboxylic acids is 1. The Morgan fingerprint density at radius 1 is 1.57 bits per heavy atom. The number of amides is 1. The van der Waals surface area contributed by atoms with Crippen molar-refractivity contribution in [2.75, 3.05) is 7.11 Å². The van der Waals surface area contributed by atoms with E-state index in [0.717, 1.165) is 6.21 Å². The van der Waals surface area contributed by atoms with Crippen LogP contribution in [-0.4, -0.2) is 39.5 Å². The van der Waals surface area contributed by atoms with Gasteiger partial charge in [0.25, 0.3) is 5.91 Å². The monoisotopic (exact) mass is 319 g/mol. The first-order chi connectivity index (χ1) is 10.9. The van der Waals surface area contributed by atoms with Crippen LogP contribution in [0.15, 0.2) is 23.3 Å². The highest BCUT2D eigenvalue weighted by atomic mass is 16.6. The molecule has 1 aromatic heterocycles. The number of aromatic nitrogens is 2. The smallest absolute Gasteiger partial charge is 0.323 e. The Balaban J connectivity index is 2.22. The molecule has 0 bridgehead atoms. The number of hydrogen-bond donors (Lipinski definition) is 3. The lowest BCUT2D eigenvalue weighted by Gasteiger charge is -2.05. The van der Waals surface area contributed by atoms with E-state index >= 15 is 0 Å². The molecule has 0 fully saturated rings. The van der Waals surface area contributed by atoms with E-state index in [2.05, 4.69) is 20.7 Å². The molecule has 0 spiro atoms. The highest BCUT2D eigenvalue weighted by Gasteiger charge is 2.23. The topological polar surface area (TPSA) is 143 Å². The second kappa shape index (κ2) is 6.56. The third kappa shape index (κ3) is 3.43. The van der Waals surface area contributed by atoms with Crippen LogP contribution in [-0.2, 0) is 0 Å². The lowest BCUT2D eigenvalue weighted by Crippen LogP contribution is -2.18. The van der Waals surface area contributed by atoms with Gasteiger partial charge in [0.05, 0.1) is 23.8 Å². The Bertz CT molecular complexity index is 783. The summed E-state index contributed by atoms with van der Waals surface area (Å²) in [4.78, 5) is 22.2. The number of rotatable bonds is 5. The maximum absolute atomic E-state index is 11.7. The third-order valence-electron chi connectivity index (χ3n) is 2.84. The zero-order chi connectivity index (χ0) is 17.0. The predicted molar refractivity (Wildman–Crippen MR) is 79.7 cm³/mol. The van der Waals surface area contributed by atoms with Crippen LogP contribution in [0.3, 0.4) is 0 Å². The number of H-pyrrole nitrogens is 1. The van der Waals surface area contributed by atoms with Crippen LogP contribution < -0.4 is 10.2 Å². The summed E-state index contributed by atoms with van der Waals surface area (Å²) < 4.78 is 4.82. The van der Waals surface area contributed by atoms with Crippen LogP contribution in [0, 0.1) is 17.0 Å². The first kappa shape index (κ1) is 15.9. The second-order valence-corrected chi connectivity index (χ2v) is 4.45. The highest BCUT2D eigenvalue weighted by molar-refractivity contribution is 5.94. The number of hydrazone groups is 1. The van der Waals surface area contributed by atoms with Gasteiger partial charge in [0.15, 0.2) is 11.4 Å². The third-order valence-corrected chi connectivity index (χ3v) is 2.84. The van der Waals surface area contributed by atoms with Crippen LogP contribution in [0.1, 0.15) is 21.7 Å². The van der Waals surface area contributed by atoms with Gasteiger partial charge in [-0.15, -0.1) is 0 Å². The molecule has 0 aliphatic carbocycles. The van der Waals surface area contributed by atoms with Gasteiger partial charge in [-0.3, -0.25) is 20.0 Å². The molecule has 0 saturated carbocycles. The summed E-state index contributed by atoms with van der Waals surface area (Å²) in [5.74, 6) is -1.22. The standard InChI is InChI=1S/C13H13N5O5/c1-7-5-9(16-15-7)13(20)17-14-6-8-3-4-10(19)12(23-2)11(8)18(21)22/h3-6,19H,1-2H3,(H,15,16)(H,17,20)/b14-6+. The fraction of sp³-hybridized carbons (Fsp3) is 0.154. The molecule has 0 radical (unpaired) electrons. The van der Waals surface area contributed by atoms with Gasteiger partial charge in [-0.1, -0.05) is 0 Å². The molecular weight excluding hydrogens is 306 g/mol. The molecule has 23 heavy (non-hydrogen) atoms.